The fraction of sp³-hybridized carbons (Fsp3) is 0.600. The van der Waals surface area contributed by atoms with Crippen molar-refractivity contribution in [1.29, 1.82) is 0 Å². The number of nitrogens with two attached hydrogens (primary N) is 1. The molecule has 0 aromatic carbocycles. The first kappa shape index (κ1) is 15.1. The maximum Gasteiger partial charge on any atom is 0.249 e. The average Bonchev–Trinajstić information content (AvgIpc) is 2.60. The highest BCUT2D eigenvalue weighted by atomic mass is 32.2. The summed E-state index contributed by atoms with van der Waals surface area (Å²) in [6, 6.07) is 0. The first-order valence-corrected chi connectivity index (χ1v) is 7.96. The Labute approximate surface area is 111 Å². The molecule has 3 N–H and O–H groups in total. The van der Waals surface area contributed by atoms with Crippen LogP contribution in [-0.4, -0.2) is 19.3 Å². The van der Waals surface area contributed by atoms with Crippen molar-refractivity contribution in [3.63, 3.8) is 0 Å². The van der Waals surface area contributed by atoms with E-state index in [9.17, 15) is 13.2 Å². The molecule has 1 aromatic heterocycles. The van der Waals surface area contributed by atoms with Crippen LogP contribution in [0.3, 0.4) is 0 Å². The number of sulfonamides is 1. The molecular formula is C10H17N3O3S2. The van der Waals surface area contributed by atoms with Crippen LogP contribution >= 0.6 is 11.3 Å². The van der Waals surface area contributed by atoms with Crippen LogP contribution < -0.4 is 10.5 Å². The van der Waals surface area contributed by atoms with E-state index >= 15 is 0 Å². The summed E-state index contributed by atoms with van der Waals surface area (Å²) in [4.78, 5) is 15.8. The number of carbonyl (C=O) groups excluding carboxylic acids is 1. The van der Waals surface area contributed by atoms with Crippen molar-refractivity contribution in [2.45, 2.75) is 37.8 Å². The smallest absolute Gasteiger partial charge is 0.249 e. The van der Waals surface area contributed by atoms with E-state index in [-0.39, 0.29) is 21.2 Å². The number of amides is 1. The van der Waals surface area contributed by atoms with Gasteiger partial charge in [-0.1, -0.05) is 25.2 Å². The summed E-state index contributed by atoms with van der Waals surface area (Å²) in [5.74, 6) is -0.234. The summed E-state index contributed by atoms with van der Waals surface area (Å²) in [5, 5.41) is 7.94. The van der Waals surface area contributed by atoms with Crippen LogP contribution in [0.4, 0.5) is 5.13 Å². The quantitative estimate of drug-likeness (QED) is 0.857. The molecule has 0 unspecified atom stereocenters. The lowest BCUT2D eigenvalue weighted by molar-refractivity contribution is -0.120. The van der Waals surface area contributed by atoms with Crippen LogP contribution in [0.15, 0.2) is 4.21 Å². The lowest BCUT2D eigenvalue weighted by atomic mass is 10.0. The van der Waals surface area contributed by atoms with Gasteiger partial charge in [-0.25, -0.2) is 18.5 Å². The first-order valence-electron chi connectivity index (χ1n) is 5.60. The van der Waals surface area contributed by atoms with Crippen LogP contribution in [0.1, 0.15) is 32.4 Å². The second kappa shape index (κ2) is 5.77. The largest absolute Gasteiger partial charge is 0.302 e. The molecule has 0 saturated heterocycles. The molecule has 18 heavy (non-hydrogen) atoms. The highest BCUT2D eigenvalue weighted by Gasteiger charge is 2.20. The molecule has 0 aliphatic rings. The number of rotatable bonds is 5. The number of hydrogen-bond donors (Lipinski definition) is 2. The Bertz CT molecular complexity index is 533. The van der Waals surface area contributed by atoms with Crippen molar-refractivity contribution in [3.8, 4) is 0 Å². The SMILES string of the molecule is CCC(CC)C(=O)Nc1nc(C)c(S(N)(=O)=O)s1. The Morgan fingerprint density at radius 1 is 1.44 bits per heavy atom. The summed E-state index contributed by atoms with van der Waals surface area (Å²) in [6.07, 6.45) is 1.46. The van der Waals surface area contributed by atoms with E-state index in [2.05, 4.69) is 10.3 Å². The Morgan fingerprint density at radius 3 is 2.39 bits per heavy atom. The Hall–Kier alpha value is -0.990. The van der Waals surface area contributed by atoms with Gasteiger partial charge < -0.3 is 5.32 Å². The first-order chi connectivity index (χ1) is 8.29. The van der Waals surface area contributed by atoms with E-state index in [1.54, 1.807) is 6.92 Å². The van der Waals surface area contributed by atoms with Crippen LogP contribution in [0.2, 0.25) is 0 Å². The van der Waals surface area contributed by atoms with Gasteiger partial charge >= 0.3 is 0 Å². The van der Waals surface area contributed by atoms with Crippen LogP contribution in [0.5, 0.6) is 0 Å². The number of anilines is 1. The molecule has 0 fully saturated rings. The van der Waals surface area contributed by atoms with Crippen molar-refractivity contribution in [2.24, 2.45) is 11.1 Å². The second-order valence-electron chi connectivity index (χ2n) is 3.94. The summed E-state index contributed by atoms with van der Waals surface area (Å²) in [5.41, 5.74) is 0.308. The van der Waals surface area contributed by atoms with Crippen molar-refractivity contribution in [2.75, 3.05) is 5.32 Å². The number of thiazole rings is 1. The summed E-state index contributed by atoms with van der Waals surface area (Å²) in [7, 11) is -3.78. The third kappa shape index (κ3) is 3.50. The predicted molar refractivity (Wildman–Crippen MR) is 70.9 cm³/mol. The third-order valence-electron chi connectivity index (χ3n) is 2.60. The molecule has 0 saturated carbocycles. The van der Waals surface area contributed by atoms with Gasteiger partial charge in [-0.2, -0.15) is 0 Å². The standard InChI is InChI=1S/C10H17N3O3S2/c1-4-7(5-2)8(14)13-10-12-6(3)9(17-10)18(11,15)16/h7H,4-5H2,1-3H3,(H2,11,15,16)(H,12,13,14). The normalized spacial score (nSPS) is 11.8. The Balaban J connectivity index is 2.91. The highest BCUT2D eigenvalue weighted by molar-refractivity contribution is 7.91. The molecule has 0 bridgehead atoms. The van der Waals surface area contributed by atoms with E-state index in [0.29, 0.717) is 5.69 Å². The lowest BCUT2D eigenvalue weighted by Crippen LogP contribution is -2.21. The number of nitrogens with one attached hydrogen (secondary N) is 1. The molecule has 8 heteroatoms. The number of aryl methyl sites for hydroxylation is 1. The average molecular weight is 291 g/mol. The molecule has 1 heterocycles. The molecule has 1 rings (SSSR count). The molecule has 102 valence electrons. The minimum Gasteiger partial charge on any atom is -0.302 e. The van der Waals surface area contributed by atoms with Gasteiger partial charge in [0.15, 0.2) is 9.34 Å². The van der Waals surface area contributed by atoms with E-state index in [1.165, 1.54) is 0 Å². The summed E-state index contributed by atoms with van der Waals surface area (Å²) >= 11 is 0.877. The number of nitrogens with zero attached hydrogens (tertiary/aromatic N) is 1. The van der Waals surface area contributed by atoms with Crippen molar-refractivity contribution in [1.82, 2.24) is 4.98 Å². The van der Waals surface area contributed by atoms with Crippen molar-refractivity contribution in [3.05, 3.63) is 5.69 Å². The zero-order valence-corrected chi connectivity index (χ0v) is 12.2. The van der Waals surface area contributed by atoms with Gasteiger partial charge in [0.1, 0.15) is 0 Å². The topological polar surface area (TPSA) is 102 Å². The monoisotopic (exact) mass is 291 g/mol. The zero-order chi connectivity index (χ0) is 13.9. The summed E-state index contributed by atoms with van der Waals surface area (Å²) < 4.78 is 22.5. The Kier molecular flexibility index (Phi) is 4.83. The van der Waals surface area contributed by atoms with E-state index in [1.807, 2.05) is 13.8 Å². The van der Waals surface area contributed by atoms with Crippen molar-refractivity contribution >= 4 is 32.4 Å². The summed E-state index contributed by atoms with van der Waals surface area (Å²) in [6.45, 7) is 5.40. The molecular weight excluding hydrogens is 274 g/mol. The second-order valence-corrected chi connectivity index (χ2v) is 6.70. The predicted octanol–water partition coefficient (Wildman–Crippen LogP) is 1.47. The molecule has 0 aliphatic heterocycles. The van der Waals surface area contributed by atoms with Gasteiger partial charge in [-0.05, 0) is 19.8 Å². The molecule has 0 radical (unpaired) electrons. The molecule has 1 amide bonds. The zero-order valence-electron chi connectivity index (χ0n) is 10.6. The van der Waals surface area contributed by atoms with Crippen LogP contribution in [-0.2, 0) is 14.8 Å². The maximum atomic E-state index is 11.8. The van der Waals surface area contributed by atoms with E-state index < -0.39 is 10.0 Å². The van der Waals surface area contributed by atoms with Gasteiger partial charge in [0, 0.05) is 5.92 Å². The maximum absolute atomic E-state index is 11.8. The van der Waals surface area contributed by atoms with Gasteiger partial charge in [-0.15, -0.1) is 0 Å². The third-order valence-corrected chi connectivity index (χ3v) is 5.23. The Morgan fingerprint density at radius 2 is 2.00 bits per heavy atom. The van der Waals surface area contributed by atoms with Gasteiger partial charge in [-0.3, -0.25) is 4.79 Å². The molecule has 0 spiro atoms. The molecule has 0 aliphatic carbocycles. The fourth-order valence-corrected chi connectivity index (χ4v) is 3.43. The van der Waals surface area contributed by atoms with Gasteiger partial charge in [0.05, 0.1) is 5.69 Å². The van der Waals surface area contributed by atoms with Crippen molar-refractivity contribution < 1.29 is 13.2 Å². The highest BCUT2D eigenvalue weighted by Crippen LogP contribution is 2.26. The minimum absolute atomic E-state index is 0.0117. The molecule has 0 atom stereocenters. The number of hydrogen-bond acceptors (Lipinski definition) is 5. The van der Waals surface area contributed by atoms with Gasteiger partial charge in [0.25, 0.3) is 0 Å². The van der Waals surface area contributed by atoms with E-state index in [4.69, 9.17) is 5.14 Å². The van der Waals surface area contributed by atoms with Crippen LogP contribution in [0, 0.1) is 12.8 Å². The van der Waals surface area contributed by atoms with E-state index in [0.717, 1.165) is 24.2 Å². The molecule has 6 nitrogen and oxygen atoms in total. The number of carbonyl (C=O) groups is 1. The number of primary sulfonamides is 1. The fourth-order valence-electron chi connectivity index (χ4n) is 1.57. The van der Waals surface area contributed by atoms with Gasteiger partial charge in [0.2, 0.25) is 15.9 Å². The number of aromatic nitrogens is 1. The molecule has 1 aromatic rings. The lowest BCUT2D eigenvalue weighted by Gasteiger charge is -2.10. The minimum atomic E-state index is -3.78. The van der Waals surface area contributed by atoms with Crippen LogP contribution in [0.25, 0.3) is 0 Å².